The number of nitrogens with one attached hydrogen (secondary N) is 3. The average molecular weight is 412 g/mol. The molecular formula is C24H20N4O3. The molecule has 4 aromatic rings. The third-order valence-electron chi connectivity index (χ3n) is 4.49. The van der Waals surface area contributed by atoms with E-state index in [1.165, 1.54) is 6.20 Å². The van der Waals surface area contributed by atoms with Crippen molar-refractivity contribution in [3.63, 3.8) is 0 Å². The minimum Gasteiger partial charge on any atom is -0.457 e. The molecule has 3 N–H and O–H groups in total. The molecule has 1 heterocycles. The normalized spacial score (nSPS) is 10.4. The summed E-state index contributed by atoms with van der Waals surface area (Å²) >= 11 is 0. The van der Waals surface area contributed by atoms with Gasteiger partial charge in [-0.05, 0) is 67.6 Å². The molecule has 0 bridgehead atoms. The standard InChI is InChI=1S/C24H20N4O3/c1-16-2-6-18(7-3-16)27-24(30)28-19-8-12-21(13-9-19)31-20-10-4-17(5-11-20)22(29)23-25-14-15-26-23/h2-15H,1H3,(H,25,26)(H2,27,28,30). The fourth-order valence-corrected chi connectivity index (χ4v) is 2.87. The Hall–Kier alpha value is -4.39. The largest absolute Gasteiger partial charge is 0.457 e. The van der Waals surface area contributed by atoms with E-state index in [1.807, 2.05) is 31.2 Å². The zero-order valence-electron chi connectivity index (χ0n) is 16.8. The molecular weight excluding hydrogens is 392 g/mol. The SMILES string of the molecule is Cc1ccc(NC(=O)Nc2ccc(Oc3ccc(C(=O)c4ncc[nH]4)cc3)cc2)cc1. The average Bonchev–Trinajstić information content (AvgIpc) is 3.32. The number of ether oxygens (including phenoxy) is 1. The fourth-order valence-electron chi connectivity index (χ4n) is 2.87. The number of carbonyl (C=O) groups excluding carboxylic acids is 2. The van der Waals surface area contributed by atoms with Crippen molar-refractivity contribution in [2.24, 2.45) is 0 Å². The number of hydrogen-bond donors (Lipinski definition) is 3. The number of amides is 2. The van der Waals surface area contributed by atoms with E-state index in [-0.39, 0.29) is 11.8 Å². The van der Waals surface area contributed by atoms with Gasteiger partial charge >= 0.3 is 6.03 Å². The van der Waals surface area contributed by atoms with E-state index in [1.54, 1.807) is 54.7 Å². The molecule has 0 saturated heterocycles. The van der Waals surface area contributed by atoms with E-state index in [0.717, 1.165) is 11.3 Å². The highest BCUT2D eigenvalue weighted by Gasteiger charge is 2.11. The molecule has 31 heavy (non-hydrogen) atoms. The third kappa shape index (κ3) is 5.16. The van der Waals surface area contributed by atoms with Gasteiger partial charge in [-0.2, -0.15) is 0 Å². The van der Waals surface area contributed by atoms with E-state index < -0.39 is 0 Å². The second-order valence-corrected chi connectivity index (χ2v) is 6.86. The summed E-state index contributed by atoms with van der Waals surface area (Å²) in [4.78, 5) is 31.2. The second kappa shape index (κ2) is 8.96. The van der Waals surface area contributed by atoms with Crippen LogP contribution in [0, 0.1) is 6.92 Å². The smallest absolute Gasteiger partial charge is 0.323 e. The number of aromatic nitrogens is 2. The van der Waals surface area contributed by atoms with Crippen molar-refractivity contribution in [3.8, 4) is 11.5 Å². The van der Waals surface area contributed by atoms with E-state index in [2.05, 4.69) is 20.6 Å². The lowest BCUT2D eigenvalue weighted by atomic mass is 10.1. The summed E-state index contributed by atoms with van der Waals surface area (Å²) in [5.41, 5.74) is 3.00. The first-order valence-electron chi connectivity index (χ1n) is 9.63. The zero-order valence-corrected chi connectivity index (χ0v) is 16.8. The quantitative estimate of drug-likeness (QED) is 0.370. The number of hydrogen-bond acceptors (Lipinski definition) is 4. The Morgan fingerprint density at radius 3 is 1.90 bits per heavy atom. The molecule has 0 unspecified atom stereocenters. The second-order valence-electron chi connectivity index (χ2n) is 6.86. The maximum absolute atomic E-state index is 12.3. The Morgan fingerprint density at radius 2 is 1.35 bits per heavy atom. The molecule has 0 aliphatic heterocycles. The summed E-state index contributed by atoms with van der Waals surface area (Å²) in [7, 11) is 0. The number of anilines is 2. The molecule has 0 aliphatic rings. The number of H-pyrrole nitrogens is 1. The topological polar surface area (TPSA) is 96.1 Å². The molecule has 0 aliphatic carbocycles. The predicted molar refractivity (Wildman–Crippen MR) is 119 cm³/mol. The Morgan fingerprint density at radius 1 is 0.806 bits per heavy atom. The molecule has 154 valence electrons. The predicted octanol–water partition coefficient (Wildman–Crippen LogP) is 5.39. The van der Waals surface area contributed by atoms with Crippen molar-refractivity contribution in [2.45, 2.75) is 6.92 Å². The van der Waals surface area contributed by atoms with Crippen LogP contribution >= 0.6 is 0 Å². The van der Waals surface area contributed by atoms with Crippen molar-refractivity contribution in [2.75, 3.05) is 10.6 Å². The van der Waals surface area contributed by atoms with Gasteiger partial charge in [0.15, 0.2) is 5.82 Å². The highest BCUT2D eigenvalue weighted by Crippen LogP contribution is 2.24. The number of urea groups is 1. The number of ketones is 1. The van der Waals surface area contributed by atoms with Gasteiger partial charge in [0.25, 0.3) is 0 Å². The van der Waals surface area contributed by atoms with Crippen LogP contribution < -0.4 is 15.4 Å². The number of carbonyl (C=O) groups is 2. The molecule has 0 radical (unpaired) electrons. The lowest BCUT2D eigenvalue weighted by Gasteiger charge is -2.10. The number of rotatable bonds is 6. The van der Waals surface area contributed by atoms with Gasteiger partial charge in [-0.15, -0.1) is 0 Å². The van der Waals surface area contributed by atoms with Crippen molar-refractivity contribution in [1.82, 2.24) is 9.97 Å². The highest BCUT2D eigenvalue weighted by atomic mass is 16.5. The lowest BCUT2D eigenvalue weighted by Crippen LogP contribution is -2.19. The van der Waals surface area contributed by atoms with Crippen LogP contribution in [0.3, 0.4) is 0 Å². The fraction of sp³-hybridized carbons (Fsp3) is 0.0417. The van der Waals surface area contributed by atoms with Gasteiger partial charge in [0, 0.05) is 29.3 Å². The Labute approximate surface area is 179 Å². The van der Waals surface area contributed by atoms with Gasteiger partial charge in [-0.3, -0.25) is 4.79 Å². The summed E-state index contributed by atoms with van der Waals surface area (Å²) in [5, 5.41) is 5.56. The van der Waals surface area contributed by atoms with E-state index in [4.69, 9.17) is 4.74 Å². The van der Waals surface area contributed by atoms with Crippen LogP contribution in [0.5, 0.6) is 11.5 Å². The molecule has 3 aromatic carbocycles. The molecule has 0 atom stereocenters. The molecule has 1 aromatic heterocycles. The zero-order chi connectivity index (χ0) is 21.6. The van der Waals surface area contributed by atoms with Crippen LogP contribution in [0.25, 0.3) is 0 Å². The Balaban J connectivity index is 1.33. The van der Waals surface area contributed by atoms with Gasteiger partial charge in [0.1, 0.15) is 11.5 Å². The first-order valence-corrected chi connectivity index (χ1v) is 9.63. The number of aryl methyl sites for hydroxylation is 1. The summed E-state index contributed by atoms with van der Waals surface area (Å²) in [6.45, 7) is 1.99. The van der Waals surface area contributed by atoms with Gasteiger partial charge in [-0.25, -0.2) is 9.78 Å². The summed E-state index contributed by atoms with van der Waals surface area (Å²) in [6.07, 6.45) is 3.14. The van der Waals surface area contributed by atoms with Crippen molar-refractivity contribution >= 4 is 23.2 Å². The van der Waals surface area contributed by atoms with Crippen LogP contribution in [0.2, 0.25) is 0 Å². The van der Waals surface area contributed by atoms with E-state index in [9.17, 15) is 9.59 Å². The maximum Gasteiger partial charge on any atom is 0.323 e. The molecule has 2 amide bonds. The Bertz CT molecular complexity index is 1170. The van der Waals surface area contributed by atoms with Gasteiger partial charge in [-0.1, -0.05) is 17.7 Å². The van der Waals surface area contributed by atoms with Crippen LogP contribution in [-0.4, -0.2) is 21.8 Å². The van der Waals surface area contributed by atoms with Crippen molar-refractivity contribution in [3.05, 3.63) is 102 Å². The lowest BCUT2D eigenvalue weighted by molar-refractivity contribution is 0.103. The monoisotopic (exact) mass is 412 g/mol. The minimum absolute atomic E-state index is 0.184. The molecule has 7 nitrogen and oxygen atoms in total. The number of aromatic amines is 1. The first kappa shape index (κ1) is 19.9. The van der Waals surface area contributed by atoms with Crippen molar-refractivity contribution in [1.29, 1.82) is 0 Å². The summed E-state index contributed by atoms with van der Waals surface area (Å²) < 4.78 is 5.81. The third-order valence-corrected chi connectivity index (χ3v) is 4.49. The van der Waals surface area contributed by atoms with Crippen LogP contribution in [0.4, 0.5) is 16.2 Å². The molecule has 7 heteroatoms. The number of imidazole rings is 1. The van der Waals surface area contributed by atoms with Crippen molar-refractivity contribution < 1.29 is 14.3 Å². The van der Waals surface area contributed by atoms with Crippen LogP contribution in [0.15, 0.2) is 85.2 Å². The molecule has 0 spiro atoms. The molecule has 0 saturated carbocycles. The number of nitrogens with zero attached hydrogens (tertiary/aromatic N) is 1. The summed E-state index contributed by atoms with van der Waals surface area (Å²) in [5.74, 6) is 1.31. The van der Waals surface area contributed by atoms with Crippen LogP contribution in [-0.2, 0) is 0 Å². The van der Waals surface area contributed by atoms with Crippen LogP contribution in [0.1, 0.15) is 21.7 Å². The van der Waals surface area contributed by atoms with E-state index >= 15 is 0 Å². The first-order chi connectivity index (χ1) is 15.1. The van der Waals surface area contributed by atoms with Gasteiger partial charge in [0.2, 0.25) is 5.78 Å². The van der Waals surface area contributed by atoms with E-state index in [0.29, 0.717) is 28.6 Å². The Kier molecular flexibility index (Phi) is 5.75. The van der Waals surface area contributed by atoms with Gasteiger partial charge in [0.05, 0.1) is 0 Å². The highest BCUT2D eigenvalue weighted by molar-refractivity contribution is 6.06. The molecule has 0 fully saturated rings. The van der Waals surface area contributed by atoms with Gasteiger partial charge < -0.3 is 20.4 Å². The minimum atomic E-state index is -0.325. The maximum atomic E-state index is 12.3. The molecule has 4 rings (SSSR count). The number of benzene rings is 3. The summed E-state index contributed by atoms with van der Waals surface area (Å²) in [6, 6.07) is 21.0.